The van der Waals surface area contributed by atoms with Gasteiger partial charge in [-0.25, -0.2) is 0 Å². The van der Waals surface area contributed by atoms with Crippen LogP contribution in [-0.4, -0.2) is 77.0 Å². The van der Waals surface area contributed by atoms with E-state index in [4.69, 9.17) is 0 Å². The molecule has 0 aromatic rings. The summed E-state index contributed by atoms with van der Waals surface area (Å²) in [5, 5.41) is 6.15. The average Bonchev–Trinajstić information content (AvgIpc) is 2.71. The molecule has 1 heterocycles. The Kier molecular flexibility index (Phi) is 12.7. The van der Waals surface area contributed by atoms with Crippen molar-refractivity contribution in [3.63, 3.8) is 0 Å². The van der Waals surface area contributed by atoms with Crippen molar-refractivity contribution in [2.75, 3.05) is 42.8 Å². The minimum absolute atomic E-state index is 0.0407. The fourth-order valence-corrected chi connectivity index (χ4v) is 4.33. The van der Waals surface area contributed by atoms with Crippen molar-refractivity contribution in [1.29, 1.82) is 0 Å². The van der Waals surface area contributed by atoms with Crippen LogP contribution < -0.4 is 10.6 Å². The highest BCUT2D eigenvalue weighted by molar-refractivity contribution is 8.16. The van der Waals surface area contributed by atoms with Crippen LogP contribution in [0.2, 0.25) is 0 Å². The van der Waals surface area contributed by atoms with Crippen LogP contribution in [0.1, 0.15) is 39.5 Å². The van der Waals surface area contributed by atoms with Gasteiger partial charge in [-0.15, -0.1) is 23.5 Å². The number of hydrogen-bond acceptors (Lipinski definition) is 7. The Hall–Kier alpha value is -1.55. The van der Waals surface area contributed by atoms with Crippen LogP contribution in [0.4, 0.5) is 0 Å². The van der Waals surface area contributed by atoms with Gasteiger partial charge in [0, 0.05) is 56.9 Å². The van der Waals surface area contributed by atoms with Gasteiger partial charge < -0.3 is 15.5 Å². The van der Waals surface area contributed by atoms with Crippen LogP contribution in [0.25, 0.3) is 0 Å². The molecule has 1 saturated heterocycles. The van der Waals surface area contributed by atoms with E-state index in [9.17, 15) is 24.0 Å². The van der Waals surface area contributed by atoms with Crippen molar-refractivity contribution in [3.05, 3.63) is 0 Å². The summed E-state index contributed by atoms with van der Waals surface area (Å²) in [6.07, 6.45) is 1.23. The number of carbonyl (C=O) groups excluding carboxylic acids is 5. The standard InChI is InChI=1S/C19H31N3O5S2/c1-3-15(23)5-7-22(8-6-16(24)4-2)19(27)14-9-20-17(25)11-28-13-29-12-18(26)21-10-14/h14H,3-13H2,1-2H3,(H,20,25)(H,21,26). The normalized spacial score (nSPS) is 16.8. The van der Waals surface area contributed by atoms with Gasteiger partial charge in [-0.2, -0.15) is 0 Å². The van der Waals surface area contributed by atoms with E-state index in [0.29, 0.717) is 17.9 Å². The number of hydrogen-bond donors (Lipinski definition) is 2. The van der Waals surface area contributed by atoms with Crippen LogP contribution in [0, 0.1) is 5.92 Å². The van der Waals surface area contributed by atoms with E-state index in [2.05, 4.69) is 10.6 Å². The summed E-state index contributed by atoms with van der Waals surface area (Å²) in [6, 6.07) is 0. The van der Waals surface area contributed by atoms with Gasteiger partial charge in [-0.1, -0.05) is 13.8 Å². The summed E-state index contributed by atoms with van der Waals surface area (Å²) in [4.78, 5) is 62.0. The summed E-state index contributed by atoms with van der Waals surface area (Å²) < 4.78 is 0. The fourth-order valence-electron chi connectivity index (χ4n) is 2.61. The number of thioether (sulfide) groups is 2. The molecule has 1 aliphatic rings. The molecule has 0 unspecified atom stereocenters. The third-order valence-electron chi connectivity index (χ3n) is 4.49. The van der Waals surface area contributed by atoms with Crippen molar-refractivity contribution < 1.29 is 24.0 Å². The topological polar surface area (TPSA) is 113 Å². The molecular weight excluding hydrogens is 414 g/mol. The van der Waals surface area contributed by atoms with Gasteiger partial charge in [0.2, 0.25) is 17.7 Å². The Morgan fingerprint density at radius 2 is 1.34 bits per heavy atom. The second kappa shape index (κ2) is 14.4. The number of amides is 3. The first-order valence-corrected chi connectivity index (χ1v) is 12.2. The molecule has 0 bridgehead atoms. The zero-order valence-corrected chi connectivity index (χ0v) is 18.8. The summed E-state index contributed by atoms with van der Waals surface area (Å²) in [5.41, 5.74) is 0. The molecule has 8 nitrogen and oxygen atoms in total. The average molecular weight is 446 g/mol. The molecule has 164 valence electrons. The van der Waals surface area contributed by atoms with Gasteiger partial charge in [-0.3, -0.25) is 24.0 Å². The van der Waals surface area contributed by atoms with Gasteiger partial charge in [0.15, 0.2) is 0 Å². The highest BCUT2D eigenvalue weighted by Crippen LogP contribution is 2.13. The lowest BCUT2D eigenvalue weighted by atomic mass is 10.1. The molecule has 29 heavy (non-hydrogen) atoms. The zero-order valence-electron chi connectivity index (χ0n) is 17.2. The van der Waals surface area contributed by atoms with Gasteiger partial charge >= 0.3 is 0 Å². The summed E-state index contributed by atoms with van der Waals surface area (Å²) in [6.45, 7) is 4.20. The quantitative estimate of drug-likeness (QED) is 0.541. The molecule has 1 rings (SSSR count). The summed E-state index contributed by atoms with van der Waals surface area (Å²) >= 11 is 2.84. The van der Waals surface area contributed by atoms with Crippen molar-refractivity contribution in [2.24, 2.45) is 5.92 Å². The predicted octanol–water partition coefficient (Wildman–Crippen LogP) is 0.840. The molecule has 0 radical (unpaired) electrons. The lowest BCUT2D eigenvalue weighted by molar-refractivity contribution is -0.136. The summed E-state index contributed by atoms with van der Waals surface area (Å²) in [7, 11) is 0. The predicted molar refractivity (Wildman–Crippen MR) is 116 cm³/mol. The van der Waals surface area contributed by atoms with E-state index in [1.165, 1.54) is 28.4 Å². The number of carbonyl (C=O) groups is 5. The summed E-state index contributed by atoms with van der Waals surface area (Å²) in [5.74, 6) is -0.604. The maximum atomic E-state index is 13.1. The molecule has 3 amide bonds. The molecule has 1 aliphatic heterocycles. The molecule has 2 N–H and O–H groups in total. The monoisotopic (exact) mass is 445 g/mol. The highest BCUT2D eigenvalue weighted by Gasteiger charge is 2.26. The van der Waals surface area contributed by atoms with Crippen molar-refractivity contribution in [1.82, 2.24) is 15.5 Å². The lowest BCUT2D eigenvalue weighted by Crippen LogP contribution is -2.48. The zero-order chi connectivity index (χ0) is 21.6. The van der Waals surface area contributed by atoms with E-state index in [-0.39, 0.29) is 79.8 Å². The number of Topliss-reactive ketones (excluding diaryl/α,β-unsaturated/α-hetero) is 2. The number of nitrogens with zero attached hydrogens (tertiary/aromatic N) is 1. The number of ketones is 2. The Bertz CT molecular complexity index is 558. The highest BCUT2D eigenvalue weighted by atomic mass is 32.2. The smallest absolute Gasteiger partial charge is 0.230 e. The minimum atomic E-state index is -0.647. The molecule has 1 fully saturated rings. The number of nitrogens with one attached hydrogen (secondary N) is 2. The molecule has 10 heteroatoms. The van der Waals surface area contributed by atoms with E-state index in [1.54, 1.807) is 13.8 Å². The molecule has 0 spiro atoms. The largest absolute Gasteiger partial charge is 0.355 e. The molecule has 0 aliphatic carbocycles. The molecule has 0 saturated carbocycles. The fraction of sp³-hybridized carbons (Fsp3) is 0.737. The second-order valence-electron chi connectivity index (χ2n) is 6.73. The molecule has 0 atom stereocenters. The molecule has 0 aromatic heterocycles. The van der Waals surface area contributed by atoms with Gasteiger partial charge in [0.25, 0.3) is 0 Å². The van der Waals surface area contributed by atoms with E-state index < -0.39 is 5.92 Å². The SMILES string of the molecule is CCC(=O)CCN(CCC(=O)CC)C(=O)C1CNC(=O)CSCSCC(=O)NC1. The van der Waals surface area contributed by atoms with E-state index >= 15 is 0 Å². The van der Waals surface area contributed by atoms with Gasteiger partial charge in [0.1, 0.15) is 11.6 Å². The van der Waals surface area contributed by atoms with Gasteiger partial charge in [-0.05, 0) is 0 Å². The van der Waals surface area contributed by atoms with Crippen molar-refractivity contribution >= 4 is 52.8 Å². The van der Waals surface area contributed by atoms with E-state index in [0.717, 1.165) is 0 Å². The Balaban J connectivity index is 2.85. The lowest BCUT2D eigenvalue weighted by Gasteiger charge is -2.28. The van der Waals surface area contributed by atoms with Crippen molar-refractivity contribution in [2.45, 2.75) is 39.5 Å². The molecular formula is C19H31N3O5S2. The maximum absolute atomic E-state index is 13.1. The maximum Gasteiger partial charge on any atom is 0.230 e. The van der Waals surface area contributed by atoms with Gasteiger partial charge in [0.05, 0.1) is 17.4 Å². The third-order valence-corrected chi connectivity index (χ3v) is 6.76. The Morgan fingerprint density at radius 1 is 0.897 bits per heavy atom. The van der Waals surface area contributed by atoms with Crippen LogP contribution in [0.3, 0.4) is 0 Å². The Labute approximate surface area is 180 Å². The third kappa shape index (κ3) is 10.7. The van der Waals surface area contributed by atoms with Crippen LogP contribution in [0.5, 0.6) is 0 Å². The van der Waals surface area contributed by atoms with Crippen LogP contribution in [-0.2, 0) is 24.0 Å². The minimum Gasteiger partial charge on any atom is -0.355 e. The number of rotatable bonds is 9. The first-order chi connectivity index (χ1) is 13.9. The first kappa shape index (κ1) is 25.5. The second-order valence-corrected chi connectivity index (χ2v) is 9.07. The first-order valence-electron chi connectivity index (χ1n) is 9.88. The van der Waals surface area contributed by atoms with Crippen LogP contribution >= 0.6 is 23.5 Å². The van der Waals surface area contributed by atoms with E-state index in [1.807, 2.05) is 0 Å². The molecule has 0 aromatic carbocycles. The van der Waals surface area contributed by atoms with Crippen LogP contribution in [0.15, 0.2) is 0 Å². The Morgan fingerprint density at radius 3 is 1.76 bits per heavy atom. The van der Waals surface area contributed by atoms with Crippen molar-refractivity contribution in [3.8, 4) is 0 Å².